The van der Waals surface area contributed by atoms with E-state index in [0.29, 0.717) is 17.9 Å². The molecule has 0 spiro atoms. The molecule has 37 heavy (non-hydrogen) atoms. The fraction of sp³-hybridized carbons (Fsp3) is 0.192. The van der Waals surface area contributed by atoms with E-state index in [1.54, 1.807) is 30.6 Å². The first-order valence-electron chi connectivity index (χ1n) is 11.6. The standard InChI is InChI=1S/C26H24F3N7O/c1-16(33-25(37)22-23(30)34-36-12-6-11-31-24(22)36)21-13-17-7-5-10-20(32-15-26(27,28)29)19(17)14-35(21)18-8-3-2-4-9-18/h2-13,16,32H,14-15H2,1H3,(H2,30,34)(H,33,37). The van der Waals surface area contributed by atoms with Gasteiger partial charge >= 0.3 is 6.18 Å². The number of carbonyl (C=O) groups is 1. The quantitative estimate of drug-likeness (QED) is 0.356. The van der Waals surface area contributed by atoms with Crippen LogP contribution in [0, 0.1) is 0 Å². The van der Waals surface area contributed by atoms with Crippen LogP contribution in [0.1, 0.15) is 28.4 Å². The molecule has 3 heterocycles. The molecule has 0 radical (unpaired) electrons. The lowest BCUT2D eigenvalue weighted by molar-refractivity contribution is -0.115. The number of hydrogen-bond acceptors (Lipinski definition) is 6. The minimum absolute atomic E-state index is 0.0617. The Kier molecular flexibility index (Phi) is 6.20. The monoisotopic (exact) mass is 507 g/mol. The van der Waals surface area contributed by atoms with Crippen molar-refractivity contribution in [3.05, 3.63) is 89.4 Å². The van der Waals surface area contributed by atoms with Crippen molar-refractivity contribution in [2.45, 2.75) is 25.7 Å². The third-order valence-electron chi connectivity index (χ3n) is 6.13. The highest BCUT2D eigenvalue weighted by atomic mass is 19.4. The van der Waals surface area contributed by atoms with Crippen LogP contribution < -0.4 is 21.3 Å². The van der Waals surface area contributed by atoms with Crippen LogP contribution >= 0.6 is 0 Å². The molecule has 2 aromatic heterocycles. The first-order valence-corrected chi connectivity index (χ1v) is 11.6. The molecule has 1 atom stereocenters. The number of nitrogens with one attached hydrogen (secondary N) is 2. The molecular weight excluding hydrogens is 483 g/mol. The van der Waals surface area contributed by atoms with Crippen LogP contribution in [0.25, 0.3) is 11.7 Å². The van der Waals surface area contributed by atoms with Gasteiger partial charge in [0.1, 0.15) is 12.1 Å². The molecule has 0 aliphatic carbocycles. The van der Waals surface area contributed by atoms with Gasteiger partial charge in [0.15, 0.2) is 11.5 Å². The van der Waals surface area contributed by atoms with E-state index in [0.717, 1.165) is 22.5 Å². The molecule has 1 unspecified atom stereocenters. The van der Waals surface area contributed by atoms with Crippen LogP contribution in [-0.2, 0) is 6.54 Å². The van der Waals surface area contributed by atoms with Crippen molar-refractivity contribution in [1.29, 1.82) is 0 Å². The van der Waals surface area contributed by atoms with E-state index in [2.05, 4.69) is 20.7 Å². The molecule has 1 amide bonds. The maximum Gasteiger partial charge on any atom is 0.405 e. The lowest BCUT2D eigenvalue weighted by atomic mass is 9.96. The van der Waals surface area contributed by atoms with Gasteiger partial charge < -0.3 is 21.3 Å². The molecule has 4 aromatic rings. The molecule has 1 aliphatic heterocycles. The molecule has 1 aliphatic rings. The number of halogens is 3. The summed E-state index contributed by atoms with van der Waals surface area (Å²) < 4.78 is 40.1. The number of alkyl halides is 3. The molecule has 190 valence electrons. The zero-order valence-electron chi connectivity index (χ0n) is 19.8. The summed E-state index contributed by atoms with van der Waals surface area (Å²) in [5.41, 5.74) is 10.1. The van der Waals surface area contributed by atoms with E-state index in [4.69, 9.17) is 5.73 Å². The maximum absolute atomic E-state index is 13.3. The van der Waals surface area contributed by atoms with Crippen molar-refractivity contribution in [2.24, 2.45) is 0 Å². The average Bonchev–Trinajstić information content (AvgIpc) is 3.22. The number of anilines is 3. The predicted molar refractivity (Wildman–Crippen MR) is 136 cm³/mol. The minimum Gasteiger partial charge on any atom is -0.381 e. The minimum atomic E-state index is -4.34. The van der Waals surface area contributed by atoms with Crippen LogP contribution in [0.15, 0.2) is 72.7 Å². The summed E-state index contributed by atoms with van der Waals surface area (Å²) in [6.45, 7) is 1.02. The zero-order chi connectivity index (χ0) is 26.2. The SMILES string of the molecule is CC(NC(=O)c1c(N)nn2cccnc12)C1=Cc2cccc(NCC(F)(F)F)c2CN1c1ccccc1. The third-order valence-corrected chi connectivity index (χ3v) is 6.13. The third kappa shape index (κ3) is 4.92. The Morgan fingerprint density at radius 3 is 2.68 bits per heavy atom. The molecule has 5 rings (SSSR count). The maximum atomic E-state index is 13.3. The lowest BCUT2D eigenvalue weighted by Gasteiger charge is -2.36. The second kappa shape index (κ2) is 9.49. The van der Waals surface area contributed by atoms with Crippen LogP contribution in [0.4, 0.5) is 30.4 Å². The van der Waals surface area contributed by atoms with Gasteiger partial charge in [-0.05, 0) is 42.8 Å². The van der Waals surface area contributed by atoms with Gasteiger partial charge in [-0.25, -0.2) is 9.50 Å². The molecule has 8 nitrogen and oxygen atoms in total. The Morgan fingerprint density at radius 2 is 1.92 bits per heavy atom. The van der Waals surface area contributed by atoms with Crippen molar-refractivity contribution in [3.63, 3.8) is 0 Å². The number of nitrogens with two attached hydrogens (primary N) is 1. The van der Waals surface area contributed by atoms with Crippen molar-refractivity contribution >= 4 is 34.8 Å². The Morgan fingerprint density at radius 1 is 1.14 bits per heavy atom. The summed E-state index contributed by atoms with van der Waals surface area (Å²) in [7, 11) is 0. The smallest absolute Gasteiger partial charge is 0.381 e. The van der Waals surface area contributed by atoms with Crippen molar-refractivity contribution in [3.8, 4) is 0 Å². The first-order chi connectivity index (χ1) is 17.7. The summed E-state index contributed by atoms with van der Waals surface area (Å²) in [6.07, 6.45) is 0.748. The number of fused-ring (bicyclic) bond motifs is 2. The Labute approximate surface area is 210 Å². The molecule has 4 N–H and O–H groups in total. The summed E-state index contributed by atoms with van der Waals surface area (Å²) in [5.74, 6) is -0.370. The fourth-order valence-electron chi connectivity index (χ4n) is 4.44. The van der Waals surface area contributed by atoms with Crippen LogP contribution in [0.3, 0.4) is 0 Å². The summed E-state index contributed by atoms with van der Waals surface area (Å²) in [4.78, 5) is 19.5. The van der Waals surface area contributed by atoms with Crippen LogP contribution in [0.2, 0.25) is 0 Å². The highest BCUT2D eigenvalue weighted by Crippen LogP contribution is 2.35. The molecule has 0 saturated heterocycles. The summed E-state index contributed by atoms with van der Waals surface area (Å²) in [5, 5.41) is 9.66. The topological polar surface area (TPSA) is 101 Å². The number of carbonyl (C=O) groups excluding carboxylic acids is 1. The summed E-state index contributed by atoms with van der Waals surface area (Å²) >= 11 is 0. The normalized spacial score (nSPS) is 14.2. The van der Waals surface area contributed by atoms with E-state index >= 15 is 0 Å². The van der Waals surface area contributed by atoms with Crippen molar-refractivity contribution < 1.29 is 18.0 Å². The zero-order valence-corrected chi connectivity index (χ0v) is 19.8. The highest BCUT2D eigenvalue weighted by molar-refractivity contribution is 6.04. The number of nitrogen functional groups attached to an aromatic ring is 1. The molecule has 0 fully saturated rings. The van der Waals surface area contributed by atoms with E-state index in [1.807, 2.05) is 54.3 Å². The van der Waals surface area contributed by atoms with Gasteiger partial charge in [-0.2, -0.15) is 13.2 Å². The predicted octanol–water partition coefficient (Wildman–Crippen LogP) is 4.47. The number of para-hydroxylation sites is 1. The van der Waals surface area contributed by atoms with E-state index in [-0.39, 0.29) is 11.4 Å². The van der Waals surface area contributed by atoms with Crippen LogP contribution in [-0.4, -0.2) is 39.3 Å². The molecular formula is C26H24F3N7O. The Hall–Kier alpha value is -4.54. The van der Waals surface area contributed by atoms with Crippen LogP contribution in [0.5, 0.6) is 0 Å². The van der Waals surface area contributed by atoms with Gasteiger partial charge in [-0.15, -0.1) is 5.10 Å². The van der Waals surface area contributed by atoms with Gasteiger partial charge in [-0.1, -0.05) is 30.3 Å². The van der Waals surface area contributed by atoms with Gasteiger partial charge in [-0.3, -0.25) is 4.79 Å². The van der Waals surface area contributed by atoms with E-state index in [1.165, 1.54) is 4.52 Å². The summed E-state index contributed by atoms with van der Waals surface area (Å²) in [6, 6.07) is 15.9. The van der Waals surface area contributed by atoms with Crippen molar-refractivity contribution in [1.82, 2.24) is 19.9 Å². The number of aromatic nitrogens is 3. The fourth-order valence-corrected chi connectivity index (χ4v) is 4.44. The Balaban J connectivity index is 1.50. The average molecular weight is 508 g/mol. The Bertz CT molecular complexity index is 1480. The first kappa shape index (κ1) is 24.2. The van der Waals surface area contributed by atoms with E-state index in [9.17, 15) is 18.0 Å². The largest absolute Gasteiger partial charge is 0.405 e. The van der Waals surface area contributed by atoms with Gasteiger partial charge in [0, 0.05) is 35.0 Å². The second-order valence-corrected chi connectivity index (χ2v) is 8.68. The molecule has 2 aromatic carbocycles. The lowest BCUT2D eigenvalue weighted by Crippen LogP contribution is -2.41. The molecule has 0 saturated carbocycles. The number of hydrogen-bond donors (Lipinski definition) is 3. The van der Waals surface area contributed by atoms with E-state index < -0.39 is 24.7 Å². The van der Waals surface area contributed by atoms with Gasteiger partial charge in [0.25, 0.3) is 5.91 Å². The molecule has 0 bridgehead atoms. The second-order valence-electron chi connectivity index (χ2n) is 8.68. The van der Waals surface area contributed by atoms with Crippen molar-refractivity contribution in [2.75, 3.05) is 22.5 Å². The van der Waals surface area contributed by atoms with Gasteiger partial charge in [0.05, 0.1) is 12.6 Å². The highest BCUT2D eigenvalue weighted by Gasteiger charge is 2.30. The number of amides is 1. The number of benzene rings is 2. The number of nitrogens with zero attached hydrogens (tertiary/aromatic N) is 4. The van der Waals surface area contributed by atoms with Gasteiger partial charge in [0.2, 0.25) is 0 Å². The molecule has 11 heteroatoms. The number of rotatable bonds is 6.